The first-order chi connectivity index (χ1) is 10.0. The van der Waals surface area contributed by atoms with E-state index in [0.29, 0.717) is 28.0 Å². The molecule has 0 aromatic heterocycles. The molecule has 2 aromatic rings. The van der Waals surface area contributed by atoms with Gasteiger partial charge < -0.3 is 11.1 Å². The number of para-hydroxylation sites is 1. The van der Waals surface area contributed by atoms with Crippen LogP contribution in [0, 0.1) is 0 Å². The summed E-state index contributed by atoms with van der Waals surface area (Å²) in [4.78, 5) is 14.1. The third-order valence-electron chi connectivity index (χ3n) is 3.38. The highest BCUT2D eigenvalue weighted by Gasteiger charge is 2.26. The van der Waals surface area contributed by atoms with Crippen molar-refractivity contribution in [2.75, 3.05) is 22.5 Å². The number of amides is 2. The molecular weight excluding hydrogens is 309 g/mol. The number of carbonyl (C=O) groups is 1. The van der Waals surface area contributed by atoms with Crippen LogP contribution in [0.2, 0.25) is 10.0 Å². The lowest BCUT2D eigenvalue weighted by Gasteiger charge is -2.19. The minimum absolute atomic E-state index is 0.245. The molecule has 0 spiro atoms. The van der Waals surface area contributed by atoms with Gasteiger partial charge in [-0.25, -0.2) is 4.79 Å². The second-order valence-electron chi connectivity index (χ2n) is 4.84. The van der Waals surface area contributed by atoms with E-state index in [-0.39, 0.29) is 6.03 Å². The lowest BCUT2D eigenvalue weighted by molar-refractivity contribution is 0.257. The number of hydrogen-bond donors (Lipinski definition) is 2. The fourth-order valence-electron chi connectivity index (χ4n) is 2.51. The number of anilines is 3. The molecule has 0 fully saturated rings. The SMILES string of the molecule is Nc1cccc2c1N(C(=O)Nc1cc(Cl)cc(Cl)c1)CC2. The number of urea groups is 1. The van der Waals surface area contributed by atoms with E-state index in [0.717, 1.165) is 17.7 Å². The molecule has 21 heavy (non-hydrogen) atoms. The average Bonchev–Trinajstić information content (AvgIpc) is 2.82. The Morgan fingerprint density at radius 3 is 2.62 bits per heavy atom. The molecule has 108 valence electrons. The van der Waals surface area contributed by atoms with Crippen LogP contribution in [0.5, 0.6) is 0 Å². The van der Waals surface area contributed by atoms with Gasteiger partial charge in [0.05, 0.1) is 11.4 Å². The normalized spacial score (nSPS) is 13.1. The molecule has 0 radical (unpaired) electrons. The van der Waals surface area contributed by atoms with Crippen molar-refractivity contribution < 1.29 is 4.79 Å². The number of hydrogen-bond acceptors (Lipinski definition) is 2. The van der Waals surface area contributed by atoms with E-state index in [9.17, 15) is 4.79 Å². The van der Waals surface area contributed by atoms with E-state index >= 15 is 0 Å². The molecule has 1 heterocycles. The van der Waals surface area contributed by atoms with Crippen LogP contribution in [0.4, 0.5) is 21.9 Å². The zero-order chi connectivity index (χ0) is 15.0. The van der Waals surface area contributed by atoms with Crippen molar-refractivity contribution in [2.45, 2.75) is 6.42 Å². The summed E-state index contributed by atoms with van der Waals surface area (Å²) in [6.07, 6.45) is 0.796. The molecule has 1 aliphatic rings. The highest BCUT2D eigenvalue weighted by atomic mass is 35.5. The highest BCUT2D eigenvalue weighted by Crippen LogP contribution is 2.34. The van der Waals surface area contributed by atoms with Crippen LogP contribution in [0.25, 0.3) is 0 Å². The fraction of sp³-hybridized carbons (Fsp3) is 0.133. The minimum atomic E-state index is -0.245. The second kappa shape index (κ2) is 5.47. The quantitative estimate of drug-likeness (QED) is 0.774. The average molecular weight is 322 g/mol. The van der Waals surface area contributed by atoms with Crippen LogP contribution in [0.3, 0.4) is 0 Å². The van der Waals surface area contributed by atoms with E-state index in [1.807, 2.05) is 12.1 Å². The zero-order valence-corrected chi connectivity index (χ0v) is 12.6. The topological polar surface area (TPSA) is 58.4 Å². The standard InChI is InChI=1S/C15H13Cl2N3O/c16-10-6-11(17)8-12(7-10)19-15(21)20-5-4-9-2-1-3-13(18)14(9)20/h1-3,6-8H,4-5,18H2,(H,19,21). The minimum Gasteiger partial charge on any atom is -0.397 e. The Balaban J connectivity index is 1.85. The number of benzene rings is 2. The van der Waals surface area contributed by atoms with E-state index in [4.69, 9.17) is 28.9 Å². The summed E-state index contributed by atoms with van der Waals surface area (Å²) < 4.78 is 0. The van der Waals surface area contributed by atoms with Gasteiger partial charge >= 0.3 is 6.03 Å². The predicted molar refractivity (Wildman–Crippen MR) is 87.4 cm³/mol. The molecule has 0 saturated carbocycles. The molecule has 0 unspecified atom stereocenters. The van der Waals surface area contributed by atoms with Crippen molar-refractivity contribution >= 4 is 46.3 Å². The number of nitrogens with two attached hydrogens (primary N) is 1. The van der Waals surface area contributed by atoms with Crippen LogP contribution in [0.1, 0.15) is 5.56 Å². The van der Waals surface area contributed by atoms with E-state index < -0.39 is 0 Å². The lowest BCUT2D eigenvalue weighted by atomic mass is 10.1. The van der Waals surface area contributed by atoms with Gasteiger partial charge in [0, 0.05) is 22.3 Å². The number of nitrogens with one attached hydrogen (secondary N) is 1. The van der Waals surface area contributed by atoms with Gasteiger partial charge in [-0.2, -0.15) is 0 Å². The molecular formula is C15H13Cl2N3O. The second-order valence-corrected chi connectivity index (χ2v) is 5.72. The maximum Gasteiger partial charge on any atom is 0.326 e. The number of nitrogen functional groups attached to an aromatic ring is 1. The number of nitrogens with zero attached hydrogens (tertiary/aromatic N) is 1. The Morgan fingerprint density at radius 1 is 1.19 bits per heavy atom. The number of halogens is 2. The van der Waals surface area contributed by atoms with Crippen molar-refractivity contribution in [2.24, 2.45) is 0 Å². The molecule has 3 N–H and O–H groups in total. The van der Waals surface area contributed by atoms with Crippen molar-refractivity contribution in [1.29, 1.82) is 0 Å². The summed E-state index contributed by atoms with van der Waals surface area (Å²) in [7, 11) is 0. The van der Waals surface area contributed by atoms with Gasteiger partial charge in [-0.05, 0) is 36.2 Å². The molecule has 0 atom stereocenters. The number of carbonyl (C=O) groups excluding carboxylic acids is 1. The van der Waals surface area contributed by atoms with Gasteiger partial charge in [-0.3, -0.25) is 4.90 Å². The van der Waals surface area contributed by atoms with Crippen molar-refractivity contribution in [3.05, 3.63) is 52.0 Å². The summed E-state index contributed by atoms with van der Waals surface area (Å²) >= 11 is 11.9. The predicted octanol–water partition coefficient (Wildman–Crippen LogP) is 4.17. The first-order valence-electron chi connectivity index (χ1n) is 6.46. The Bertz CT molecular complexity index is 698. The molecule has 0 aliphatic carbocycles. The third kappa shape index (κ3) is 2.77. The Hall–Kier alpha value is -1.91. The van der Waals surface area contributed by atoms with Gasteiger partial charge in [0.15, 0.2) is 0 Å². The van der Waals surface area contributed by atoms with Gasteiger partial charge in [-0.1, -0.05) is 35.3 Å². The molecule has 6 heteroatoms. The summed E-state index contributed by atoms with van der Waals surface area (Å²) in [5, 5.41) is 3.74. The molecule has 4 nitrogen and oxygen atoms in total. The van der Waals surface area contributed by atoms with Crippen molar-refractivity contribution in [3.8, 4) is 0 Å². The van der Waals surface area contributed by atoms with Crippen LogP contribution in [0.15, 0.2) is 36.4 Å². The Labute approximate surface area is 132 Å². The lowest BCUT2D eigenvalue weighted by Crippen LogP contribution is -2.33. The van der Waals surface area contributed by atoms with E-state index in [1.54, 1.807) is 29.2 Å². The summed E-state index contributed by atoms with van der Waals surface area (Å²) in [5.74, 6) is 0. The first-order valence-corrected chi connectivity index (χ1v) is 7.22. The fourth-order valence-corrected chi connectivity index (χ4v) is 3.03. The molecule has 2 aromatic carbocycles. The largest absolute Gasteiger partial charge is 0.397 e. The summed E-state index contributed by atoms with van der Waals surface area (Å²) in [5.41, 5.74) is 8.99. The van der Waals surface area contributed by atoms with Crippen molar-refractivity contribution in [1.82, 2.24) is 0 Å². The molecule has 0 saturated heterocycles. The van der Waals surface area contributed by atoms with E-state index in [2.05, 4.69) is 5.32 Å². The van der Waals surface area contributed by atoms with Crippen LogP contribution in [-0.4, -0.2) is 12.6 Å². The molecule has 1 aliphatic heterocycles. The third-order valence-corrected chi connectivity index (χ3v) is 3.82. The Morgan fingerprint density at radius 2 is 1.90 bits per heavy atom. The summed E-state index contributed by atoms with van der Waals surface area (Å²) in [6, 6.07) is 10.3. The molecule has 3 rings (SSSR count). The summed E-state index contributed by atoms with van der Waals surface area (Å²) in [6.45, 7) is 0.601. The first kappa shape index (κ1) is 14.0. The van der Waals surface area contributed by atoms with Gasteiger partial charge in [0.2, 0.25) is 0 Å². The maximum atomic E-state index is 12.4. The smallest absolute Gasteiger partial charge is 0.326 e. The Kier molecular flexibility index (Phi) is 3.66. The van der Waals surface area contributed by atoms with Crippen LogP contribution >= 0.6 is 23.2 Å². The van der Waals surface area contributed by atoms with Gasteiger partial charge in [0.1, 0.15) is 0 Å². The number of fused-ring (bicyclic) bond motifs is 1. The van der Waals surface area contributed by atoms with Crippen molar-refractivity contribution in [3.63, 3.8) is 0 Å². The van der Waals surface area contributed by atoms with Gasteiger partial charge in [-0.15, -0.1) is 0 Å². The van der Waals surface area contributed by atoms with Crippen LogP contribution in [-0.2, 0) is 6.42 Å². The van der Waals surface area contributed by atoms with Crippen LogP contribution < -0.4 is 16.0 Å². The van der Waals surface area contributed by atoms with Gasteiger partial charge in [0.25, 0.3) is 0 Å². The monoisotopic (exact) mass is 321 g/mol. The molecule has 2 amide bonds. The zero-order valence-electron chi connectivity index (χ0n) is 11.1. The number of rotatable bonds is 1. The van der Waals surface area contributed by atoms with E-state index in [1.165, 1.54) is 0 Å². The highest BCUT2D eigenvalue weighted by molar-refractivity contribution is 6.35. The molecule has 0 bridgehead atoms. The maximum absolute atomic E-state index is 12.4.